The smallest absolute Gasteiger partial charge is 0.104 e. The molecule has 0 aromatic carbocycles. The topological polar surface area (TPSA) is 73.3 Å². The van der Waals surface area contributed by atoms with Gasteiger partial charge in [-0.1, -0.05) is 6.08 Å². The third-order valence-electron chi connectivity index (χ3n) is 3.45. The van der Waals surface area contributed by atoms with Crippen molar-refractivity contribution in [1.29, 1.82) is 5.26 Å². The van der Waals surface area contributed by atoms with Gasteiger partial charge in [-0.2, -0.15) is 5.26 Å². The van der Waals surface area contributed by atoms with Gasteiger partial charge in [-0.05, 0) is 24.8 Å². The summed E-state index contributed by atoms with van der Waals surface area (Å²) in [6.45, 7) is 6.00. The van der Waals surface area contributed by atoms with Gasteiger partial charge in [0.15, 0.2) is 0 Å². The van der Waals surface area contributed by atoms with Crippen LogP contribution in [0, 0.1) is 11.3 Å². The van der Waals surface area contributed by atoms with E-state index in [1.54, 1.807) is 0 Å². The van der Waals surface area contributed by atoms with Gasteiger partial charge in [0.1, 0.15) is 11.1 Å². The summed E-state index contributed by atoms with van der Waals surface area (Å²) in [4.78, 5) is 3.41. The molecule has 0 bridgehead atoms. The minimum absolute atomic E-state index is 0.313. The van der Waals surface area contributed by atoms with Crippen molar-refractivity contribution < 1.29 is 5.11 Å². The zero-order valence-electron chi connectivity index (χ0n) is 10.9. The molecule has 3 N–H and O–H groups in total. The lowest BCUT2D eigenvalue weighted by Gasteiger charge is -2.28. The molecule has 1 aliphatic heterocycles. The van der Waals surface area contributed by atoms with Crippen LogP contribution in [0.25, 0.3) is 0 Å². The Morgan fingerprint density at radius 2 is 2.42 bits per heavy atom. The lowest BCUT2D eigenvalue weighted by atomic mass is 10.0. The Kier molecular flexibility index (Phi) is 4.59. The second kappa shape index (κ2) is 6.20. The monoisotopic (exact) mass is 277 g/mol. The number of nitrogens with two attached hydrogens (primary N) is 1. The Labute approximate surface area is 117 Å². The van der Waals surface area contributed by atoms with E-state index < -0.39 is 0 Å². The van der Waals surface area contributed by atoms with E-state index in [-0.39, 0.29) is 6.10 Å². The summed E-state index contributed by atoms with van der Waals surface area (Å²) in [6.07, 6.45) is 3.96. The molecule has 0 aliphatic carbocycles. The van der Waals surface area contributed by atoms with Crippen molar-refractivity contribution in [1.82, 2.24) is 4.90 Å². The average Bonchev–Trinajstić information content (AvgIpc) is 2.70. The molecule has 0 fully saturated rings. The average molecular weight is 277 g/mol. The number of aliphatic hydroxyl groups excluding tert-OH is 1. The molecule has 102 valence electrons. The number of nitrogen functional groups attached to an aromatic ring is 1. The molecule has 5 heteroatoms. The standard InChI is InChI=1S/C14H19N3OS/c1-2-3-4-10(18)8-17-6-5-11-12(7-15)14(16)19-13(11)9-17/h2,10,18H,1,3-6,8-9,16H2. The second-order valence-electron chi connectivity index (χ2n) is 4.86. The molecular weight excluding hydrogens is 258 g/mol. The fourth-order valence-electron chi connectivity index (χ4n) is 2.46. The van der Waals surface area contributed by atoms with Crippen molar-refractivity contribution in [3.63, 3.8) is 0 Å². The molecule has 2 rings (SSSR count). The lowest BCUT2D eigenvalue weighted by molar-refractivity contribution is 0.100. The highest BCUT2D eigenvalue weighted by atomic mass is 32.1. The second-order valence-corrected chi connectivity index (χ2v) is 6.00. The highest BCUT2D eigenvalue weighted by Crippen LogP contribution is 2.34. The van der Waals surface area contributed by atoms with Crippen LogP contribution in [-0.2, 0) is 13.0 Å². The molecular formula is C14H19N3OS. The zero-order chi connectivity index (χ0) is 13.8. The first-order chi connectivity index (χ1) is 9.15. The van der Waals surface area contributed by atoms with Gasteiger partial charge in [0.05, 0.1) is 11.7 Å². The van der Waals surface area contributed by atoms with E-state index in [2.05, 4.69) is 17.5 Å². The predicted molar refractivity (Wildman–Crippen MR) is 77.9 cm³/mol. The van der Waals surface area contributed by atoms with Gasteiger partial charge in [0, 0.05) is 24.5 Å². The molecule has 0 spiro atoms. The summed E-state index contributed by atoms with van der Waals surface area (Å²) in [5.41, 5.74) is 7.63. The molecule has 19 heavy (non-hydrogen) atoms. The van der Waals surface area contributed by atoms with Crippen LogP contribution in [0.2, 0.25) is 0 Å². The first-order valence-corrected chi connectivity index (χ1v) is 7.28. The quantitative estimate of drug-likeness (QED) is 0.806. The number of hydrogen-bond donors (Lipinski definition) is 2. The maximum absolute atomic E-state index is 9.92. The Hall–Kier alpha value is -1.35. The van der Waals surface area contributed by atoms with E-state index in [4.69, 9.17) is 11.0 Å². The van der Waals surface area contributed by atoms with E-state index in [1.165, 1.54) is 16.2 Å². The van der Waals surface area contributed by atoms with Gasteiger partial charge < -0.3 is 10.8 Å². The summed E-state index contributed by atoms with van der Waals surface area (Å²) in [5, 5.41) is 19.6. The molecule has 0 radical (unpaired) electrons. The molecule has 1 aromatic rings. The SMILES string of the molecule is C=CCCC(O)CN1CCc2c(sc(N)c2C#N)C1. The molecule has 1 aliphatic rings. The number of nitrogens with zero attached hydrogens (tertiary/aromatic N) is 2. The van der Waals surface area contributed by atoms with E-state index in [0.717, 1.165) is 37.9 Å². The number of thiophene rings is 1. The van der Waals surface area contributed by atoms with Gasteiger partial charge in [0.25, 0.3) is 0 Å². The molecule has 4 nitrogen and oxygen atoms in total. The van der Waals surface area contributed by atoms with E-state index in [0.29, 0.717) is 17.1 Å². The number of allylic oxidation sites excluding steroid dienone is 1. The molecule has 1 atom stereocenters. The Morgan fingerprint density at radius 3 is 3.11 bits per heavy atom. The Balaban J connectivity index is 1.99. The zero-order valence-corrected chi connectivity index (χ0v) is 11.7. The maximum atomic E-state index is 9.92. The predicted octanol–water partition coefficient (Wildman–Crippen LogP) is 1.89. The van der Waals surface area contributed by atoms with Crippen molar-refractivity contribution in [2.75, 3.05) is 18.8 Å². The normalized spacial score (nSPS) is 16.6. The van der Waals surface area contributed by atoms with Crippen LogP contribution in [-0.4, -0.2) is 29.2 Å². The number of aliphatic hydroxyl groups is 1. The molecule has 0 saturated carbocycles. The van der Waals surface area contributed by atoms with Gasteiger partial charge in [-0.25, -0.2) is 0 Å². The first-order valence-electron chi connectivity index (χ1n) is 6.47. The van der Waals surface area contributed by atoms with Crippen LogP contribution in [0.15, 0.2) is 12.7 Å². The summed E-state index contributed by atoms with van der Waals surface area (Å²) >= 11 is 1.51. The van der Waals surface area contributed by atoms with Crippen molar-refractivity contribution in [3.8, 4) is 6.07 Å². The van der Waals surface area contributed by atoms with E-state index >= 15 is 0 Å². The van der Waals surface area contributed by atoms with Crippen LogP contribution >= 0.6 is 11.3 Å². The van der Waals surface area contributed by atoms with Crippen molar-refractivity contribution in [2.24, 2.45) is 0 Å². The van der Waals surface area contributed by atoms with Crippen LogP contribution < -0.4 is 5.73 Å². The molecule has 0 saturated heterocycles. The van der Waals surface area contributed by atoms with Gasteiger partial charge in [0.2, 0.25) is 0 Å². The number of rotatable bonds is 5. The summed E-state index contributed by atoms with van der Waals surface area (Å²) in [6, 6.07) is 2.19. The number of β-amino-alcohol motifs (C(OH)–C–C–N with tert-alkyl or cyclic N) is 1. The van der Waals surface area contributed by atoms with Crippen molar-refractivity contribution in [2.45, 2.75) is 31.9 Å². The summed E-state index contributed by atoms with van der Waals surface area (Å²) < 4.78 is 0. The molecule has 1 unspecified atom stereocenters. The minimum Gasteiger partial charge on any atom is -0.392 e. The summed E-state index contributed by atoms with van der Waals surface area (Å²) in [7, 11) is 0. The molecule has 2 heterocycles. The Morgan fingerprint density at radius 1 is 1.63 bits per heavy atom. The highest BCUT2D eigenvalue weighted by molar-refractivity contribution is 7.16. The van der Waals surface area contributed by atoms with Crippen LogP contribution in [0.1, 0.15) is 28.8 Å². The molecule has 0 amide bonds. The largest absolute Gasteiger partial charge is 0.392 e. The minimum atomic E-state index is -0.313. The number of hydrogen-bond acceptors (Lipinski definition) is 5. The maximum Gasteiger partial charge on any atom is 0.104 e. The van der Waals surface area contributed by atoms with Crippen LogP contribution in [0.5, 0.6) is 0 Å². The fraction of sp³-hybridized carbons (Fsp3) is 0.500. The highest BCUT2D eigenvalue weighted by Gasteiger charge is 2.24. The third-order valence-corrected chi connectivity index (χ3v) is 4.49. The number of anilines is 1. The number of nitriles is 1. The number of fused-ring (bicyclic) bond motifs is 1. The molecule has 1 aromatic heterocycles. The third kappa shape index (κ3) is 3.16. The lowest BCUT2D eigenvalue weighted by Crippen LogP contribution is -2.36. The van der Waals surface area contributed by atoms with E-state index in [9.17, 15) is 5.11 Å². The Bertz CT molecular complexity index is 504. The van der Waals surface area contributed by atoms with Gasteiger partial charge >= 0.3 is 0 Å². The van der Waals surface area contributed by atoms with Crippen molar-refractivity contribution in [3.05, 3.63) is 28.7 Å². The summed E-state index contributed by atoms with van der Waals surface area (Å²) in [5.74, 6) is 0. The van der Waals surface area contributed by atoms with Gasteiger partial charge in [-0.3, -0.25) is 4.90 Å². The van der Waals surface area contributed by atoms with E-state index in [1.807, 2.05) is 6.08 Å². The van der Waals surface area contributed by atoms with Crippen molar-refractivity contribution >= 4 is 16.3 Å². The van der Waals surface area contributed by atoms with Crippen LogP contribution in [0.3, 0.4) is 0 Å². The first kappa shape index (κ1) is 14.1. The van der Waals surface area contributed by atoms with Crippen LogP contribution in [0.4, 0.5) is 5.00 Å². The van der Waals surface area contributed by atoms with Gasteiger partial charge in [-0.15, -0.1) is 17.9 Å². The fourth-order valence-corrected chi connectivity index (χ4v) is 3.57.